The zero-order valence-electron chi connectivity index (χ0n) is 11.7. The van der Waals surface area contributed by atoms with Crippen molar-refractivity contribution in [1.29, 1.82) is 0 Å². The number of rotatable bonds is 9. The highest BCUT2D eigenvalue weighted by molar-refractivity contribution is 5.01. The number of aromatic nitrogens is 2. The van der Waals surface area contributed by atoms with Crippen LogP contribution in [0, 0.1) is 0 Å². The van der Waals surface area contributed by atoms with Gasteiger partial charge >= 0.3 is 0 Å². The van der Waals surface area contributed by atoms with Gasteiger partial charge in [0.15, 0.2) is 5.82 Å². The van der Waals surface area contributed by atoms with Gasteiger partial charge in [0, 0.05) is 13.0 Å². The Morgan fingerprint density at radius 3 is 2.72 bits per heavy atom. The van der Waals surface area contributed by atoms with E-state index in [0.717, 1.165) is 12.8 Å². The molecule has 0 aromatic carbocycles. The van der Waals surface area contributed by atoms with E-state index in [0.29, 0.717) is 24.9 Å². The average Bonchev–Trinajstić information content (AvgIpc) is 2.82. The van der Waals surface area contributed by atoms with Gasteiger partial charge in [-0.3, -0.25) is 0 Å². The molecule has 1 aromatic rings. The van der Waals surface area contributed by atoms with Crippen molar-refractivity contribution in [2.24, 2.45) is 5.73 Å². The largest absolute Gasteiger partial charge is 0.379 e. The summed E-state index contributed by atoms with van der Waals surface area (Å²) in [6.45, 7) is 7.02. The highest BCUT2D eigenvalue weighted by atomic mass is 16.5. The summed E-state index contributed by atoms with van der Waals surface area (Å²) in [4.78, 5) is 4.35. The van der Waals surface area contributed by atoms with Gasteiger partial charge in [-0.15, -0.1) is 0 Å². The number of hydrogen-bond donors (Lipinski definition) is 1. The third-order valence-corrected chi connectivity index (χ3v) is 2.83. The van der Waals surface area contributed by atoms with E-state index < -0.39 is 5.54 Å². The van der Waals surface area contributed by atoms with Crippen LogP contribution in [0.25, 0.3) is 0 Å². The van der Waals surface area contributed by atoms with Gasteiger partial charge in [0.2, 0.25) is 5.89 Å². The highest BCUT2D eigenvalue weighted by Crippen LogP contribution is 2.16. The molecule has 1 heterocycles. The Hall–Kier alpha value is -0.940. The molecule has 104 valence electrons. The number of unbranched alkanes of at least 4 members (excludes halogenated alkanes) is 3. The molecule has 0 aliphatic rings. The number of nitrogens with zero attached hydrogens (tertiary/aromatic N) is 2. The number of aryl methyl sites for hydroxylation is 1. The summed E-state index contributed by atoms with van der Waals surface area (Å²) in [5, 5.41) is 3.95. The molecule has 0 amide bonds. The van der Waals surface area contributed by atoms with E-state index in [9.17, 15) is 0 Å². The van der Waals surface area contributed by atoms with Gasteiger partial charge in [0.1, 0.15) is 5.54 Å². The Labute approximate surface area is 109 Å². The fourth-order valence-electron chi connectivity index (χ4n) is 1.67. The monoisotopic (exact) mass is 255 g/mol. The average molecular weight is 255 g/mol. The molecule has 0 aliphatic heterocycles. The quantitative estimate of drug-likeness (QED) is 0.686. The van der Waals surface area contributed by atoms with Crippen LogP contribution in [0.2, 0.25) is 0 Å². The summed E-state index contributed by atoms with van der Waals surface area (Å²) in [7, 11) is 0. The minimum absolute atomic E-state index is 0.401. The zero-order valence-corrected chi connectivity index (χ0v) is 11.7. The van der Waals surface area contributed by atoms with E-state index in [1.54, 1.807) is 0 Å². The van der Waals surface area contributed by atoms with Gasteiger partial charge in [0.05, 0.1) is 6.61 Å². The summed E-state index contributed by atoms with van der Waals surface area (Å²) in [5.41, 5.74) is 5.42. The first kappa shape index (κ1) is 15.1. The molecule has 1 atom stereocenters. The molecule has 1 aromatic heterocycles. The SMILES string of the molecule is CCCCCCc1nc(C(C)(N)COCC)no1. The fourth-order valence-corrected chi connectivity index (χ4v) is 1.67. The molecular weight excluding hydrogens is 230 g/mol. The van der Waals surface area contributed by atoms with Crippen molar-refractivity contribution in [1.82, 2.24) is 10.1 Å². The van der Waals surface area contributed by atoms with Gasteiger partial charge < -0.3 is 15.0 Å². The Morgan fingerprint density at radius 1 is 1.28 bits per heavy atom. The van der Waals surface area contributed by atoms with Crippen molar-refractivity contribution >= 4 is 0 Å². The second-order valence-electron chi connectivity index (χ2n) is 4.88. The third kappa shape index (κ3) is 4.74. The molecule has 1 unspecified atom stereocenters. The minimum atomic E-state index is -0.679. The first-order valence-corrected chi connectivity index (χ1v) is 6.79. The van der Waals surface area contributed by atoms with Crippen LogP contribution in [0.4, 0.5) is 0 Å². The number of ether oxygens (including phenoxy) is 1. The fraction of sp³-hybridized carbons (Fsp3) is 0.846. The van der Waals surface area contributed by atoms with Crippen LogP contribution in [0.5, 0.6) is 0 Å². The molecule has 18 heavy (non-hydrogen) atoms. The molecule has 0 fully saturated rings. The van der Waals surface area contributed by atoms with Crippen LogP contribution in [0.1, 0.15) is 58.2 Å². The van der Waals surface area contributed by atoms with Crippen molar-refractivity contribution < 1.29 is 9.26 Å². The zero-order chi connectivity index (χ0) is 13.4. The highest BCUT2D eigenvalue weighted by Gasteiger charge is 2.27. The Morgan fingerprint density at radius 2 is 2.06 bits per heavy atom. The van der Waals surface area contributed by atoms with Crippen molar-refractivity contribution in [3.8, 4) is 0 Å². The molecule has 5 heteroatoms. The van der Waals surface area contributed by atoms with Crippen LogP contribution in [0.15, 0.2) is 4.52 Å². The van der Waals surface area contributed by atoms with Crippen molar-refractivity contribution in [3.63, 3.8) is 0 Å². The van der Waals surface area contributed by atoms with Crippen LogP contribution >= 0.6 is 0 Å². The molecule has 1 rings (SSSR count). The number of hydrogen-bond acceptors (Lipinski definition) is 5. The molecule has 0 spiro atoms. The van der Waals surface area contributed by atoms with E-state index in [1.807, 2.05) is 13.8 Å². The predicted molar refractivity (Wildman–Crippen MR) is 70.2 cm³/mol. The molecule has 0 saturated carbocycles. The molecular formula is C13H25N3O2. The summed E-state index contributed by atoms with van der Waals surface area (Å²) >= 11 is 0. The lowest BCUT2D eigenvalue weighted by atomic mass is 10.1. The van der Waals surface area contributed by atoms with Crippen LogP contribution in [-0.2, 0) is 16.7 Å². The second kappa shape index (κ2) is 7.48. The lowest BCUT2D eigenvalue weighted by Crippen LogP contribution is -2.39. The van der Waals surface area contributed by atoms with Crippen molar-refractivity contribution in [3.05, 3.63) is 11.7 Å². The van der Waals surface area contributed by atoms with E-state index in [4.69, 9.17) is 15.0 Å². The third-order valence-electron chi connectivity index (χ3n) is 2.83. The van der Waals surface area contributed by atoms with E-state index in [1.165, 1.54) is 19.3 Å². The van der Waals surface area contributed by atoms with E-state index in [2.05, 4.69) is 17.1 Å². The van der Waals surface area contributed by atoms with Crippen molar-refractivity contribution in [2.75, 3.05) is 13.2 Å². The van der Waals surface area contributed by atoms with Crippen LogP contribution in [0.3, 0.4) is 0 Å². The van der Waals surface area contributed by atoms with Crippen molar-refractivity contribution in [2.45, 2.75) is 58.4 Å². The molecule has 0 saturated heterocycles. The molecule has 0 bridgehead atoms. The maximum Gasteiger partial charge on any atom is 0.226 e. The summed E-state index contributed by atoms with van der Waals surface area (Å²) in [6, 6.07) is 0. The standard InChI is InChI=1S/C13H25N3O2/c1-4-6-7-8-9-11-15-12(16-18-11)13(3,14)10-17-5-2/h4-10,14H2,1-3H3. The van der Waals surface area contributed by atoms with E-state index in [-0.39, 0.29) is 0 Å². The van der Waals surface area contributed by atoms with Gasteiger partial charge in [-0.2, -0.15) is 4.98 Å². The van der Waals surface area contributed by atoms with Crippen LogP contribution in [-0.4, -0.2) is 23.4 Å². The van der Waals surface area contributed by atoms with Gasteiger partial charge in [0.25, 0.3) is 0 Å². The maximum absolute atomic E-state index is 6.10. The maximum atomic E-state index is 6.10. The molecule has 2 N–H and O–H groups in total. The van der Waals surface area contributed by atoms with E-state index >= 15 is 0 Å². The lowest BCUT2D eigenvalue weighted by molar-refractivity contribution is 0.0962. The second-order valence-corrected chi connectivity index (χ2v) is 4.88. The molecule has 0 aliphatic carbocycles. The first-order valence-electron chi connectivity index (χ1n) is 6.79. The Balaban J connectivity index is 2.46. The smallest absolute Gasteiger partial charge is 0.226 e. The minimum Gasteiger partial charge on any atom is -0.379 e. The predicted octanol–water partition coefficient (Wildman–Crippen LogP) is 2.40. The molecule has 5 nitrogen and oxygen atoms in total. The van der Waals surface area contributed by atoms with Gasteiger partial charge in [-0.25, -0.2) is 0 Å². The normalized spacial score (nSPS) is 14.7. The lowest BCUT2D eigenvalue weighted by Gasteiger charge is -2.19. The first-order chi connectivity index (χ1) is 8.60. The van der Waals surface area contributed by atoms with Gasteiger partial charge in [-0.1, -0.05) is 31.3 Å². The topological polar surface area (TPSA) is 74.2 Å². The van der Waals surface area contributed by atoms with Crippen LogP contribution < -0.4 is 5.73 Å². The summed E-state index contributed by atoms with van der Waals surface area (Å²) in [5.74, 6) is 1.20. The molecule has 0 radical (unpaired) electrons. The number of nitrogens with two attached hydrogens (primary N) is 1. The van der Waals surface area contributed by atoms with Gasteiger partial charge in [-0.05, 0) is 20.3 Å². The Bertz CT molecular complexity index is 337. The summed E-state index contributed by atoms with van der Waals surface area (Å²) < 4.78 is 10.5. The summed E-state index contributed by atoms with van der Waals surface area (Å²) in [6.07, 6.45) is 5.59. The Kier molecular flexibility index (Phi) is 6.29.